The number of hydrogen-bond donors (Lipinski definition) is 1. The summed E-state index contributed by atoms with van der Waals surface area (Å²) in [6.07, 6.45) is 9.50. The summed E-state index contributed by atoms with van der Waals surface area (Å²) in [5.41, 5.74) is 0. The number of hydrogen-bond acceptors (Lipinski definition) is 2. The maximum absolute atomic E-state index is 10.9. The van der Waals surface area contributed by atoms with Crippen molar-refractivity contribution in [1.82, 2.24) is 0 Å². The van der Waals surface area contributed by atoms with E-state index in [1.165, 1.54) is 0 Å². The second kappa shape index (κ2) is 7.11. The van der Waals surface area contributed by atoms with Gasteiger partial charge >= 0.3 is 5.97 Å². The van der Waals surface area contributed by atoms with Crippen molar-refractivity contribution in [2.75, 3.05) is 0 Å². The van der Waals surface area contributed by atoms with Crippen molar-refractivity contribution in [3.8, 4) is 12.3 Å². The number of rotatable bonds is 6. The van der Waals surface area contributed by atoms with Crippen LogP contribution in [-0.4, -0.2) is 16.9 Å². The van der Waals surface area contributed by atoms with Crippen LogP contribution < -0.4 is 0 Å². The molecule has 0 heterocycles. The highest BCUT2D eigenvalue weighted by molar-refractivity contribution is 5.95. The van der Waals surface area contributed by atoms with Crippen LogP contribution >= 0.6 is 0 Å². The molecule has 70 valence electrons. The van der Waals surface area contributed by atoms with Gasteiger partial charge < -0.3 is 5.11 Å². The number of carboxylic acids is 1. The molecule has 0 aromatic rings. The summed E-state index contributed by atoms with van der Waals surface area (Å²) in [6, 6.07) is 0. The van der Waals surface area contributed by atoms with E-state index in [2.05, 4.69) is 5.92 Å². The van der Waals surface area contributed by atoms with Crippen LogP contribution in [0.2, 0.25) is 0 Å². The fraction of sp³-hybridized carbons (Fsp3) is 0.400. The third-order valence-corrected chi connectivity index (χ3v) is 1.41. The number of carbonyl (C=O) groups excluding carboxylic acids is 1. The molecule has 3 nitrogen and oxygen atoms in total. The van der Waals surface area contributed by atoms with Gasteiger partial charge in [-0.1, -0.05) is 0 Å². The summed E-state index contributed by atoms with van der Waals surface area (Å²) in [7, 11) is 0. The number of carboxylic acid groups (broad SMARTS) is 1. The number of ketones is 1. The Morgan fingerprint density at radius 1 is 1.31 bits per heavy atom. The van der Waals surface area contributed by atoms with Crippen LogP contribution in [-0.2, 0) is 9.59 Å². The summed E-state index contributed by atoms with van der Waals surface area (Å²) in [5, 5.41) is 8.21. The molecule has 0 atom stereocenters. The molecule has 0 saturated heterocycles. The summed E-state index contributed by atoms with van der Waals surface area (Å²) in [4.78, 5) is 20.9. The molecule has 3 heteroatoms. The zero-order valence-corrected chi connectivity index (χ0v) is 7.32. The number of terminal acetylenes is 1. The van der Waals surface area contributed by atoms with Crippen LogP contribution in [0, 0.1) is 12.3 Å². The maximum atomic E-state index is 10.9. The van der Waals surface area contributed by atoms with E-state index in [1.54, 1.807) is 0 Å². The Balaban J connectivity index is 3.53. The van der Waals surface area contributed by atoms with Gasteiger partial charge in [0, 0.05) is 18.9 Å². The summed E-state index contributed by atoms with van der Waals surface area (Å²) in [6.45, 7) is 0. The topological polar surface area (TPSA) is 54.4 Å². The van der Waals surface area contributed by atoms with Gasteiger partial charge in [-0.05, 0) is 18.9 Å². The third kappa shape index (κ3) is 8.35. The predicted octanol–water partition coefficient (Wildman–Crippen LogP) is 1.39. The fourth-order valence-corrected chi connectivity index (χ4v) is 0.774. The highest BCUT2D eigenvalue weighted by atomic mass is 16.4. The average Bonchev–Trinajstić information content (AvgIpc) is 2.09. The van der Waals surface area contributed by atoms with Crippen molar-refractivity contribution < 1.29 is 14.7 Å². The molecule has 0 aromatic carbocycles. The quantitative estimate of drug-likeness (QED) is 0.382. The van der Waals surface area contributed by atoms with Crippen LogP contribution in [0.3, 0.4) is 0 Å². The van der Waals surface area contributed by atoms with E-state index in [1.807, 2.05) is 0 Å². The first-order valence-corrected chi connectivity index (χ1v) is 4.04. The van der Waals surface area contributed by atoms with Gasteiger partial charge in [0.15, 0.2) is 5.78 Å². The molecule has 0 rings (SSSR count). The zero-order chi connectivity index (χ0) is 10.1. The zero-order valence-electron chi connectivity index (χ0n) is 7.32. The van der Waals surface area contributed by atoms with Crippen molar-refractivity contribution in [2.24, 2.45) is 0 Å². The van der Waals surface area contributed by atoms with E-state index >= 15 is 0 Å². The second-order valence-corrected chi connectivity index (χ2v) is 2.55. The summed E-state index contributed by atoms with van der Waals surface area (Å²) in [5.74, 6) is 1.20. The lowest BCUT2D eigenvalue weighted by atomic mass is 10.1. The van der Waals surface area contributed by atoms with Crippen molar-refractivity contribution in [1.29, 1.82) is 0 Å². The number of carbonyl (C=O) groups is 2. The molecule has 0 amide bonds. The molecule has 0 radical (unpaired) electrons. The lowest BCUT2D eigenvalue weighted by Gasteiger charge is -1.92. The van der Waals surface area contributed by atoms with Gasteiger partial charge in [0.2, 0.25) is 0 Å². The van der Waals surface area contributed by atoms with Gasteiger partial charge in [0.05, 0.1) is 0 Å². The Morgan fingerprint density at radius 3 is 2.54 bits per heavy atom. The van der Waals surface area contributed by atoms with Crippen molar-refractivity contribution in [3.63, 3.8) is 0 Å². The lowest BCUT2D eigenvalue weighted by Crippen LogP contribution is -1.95. The first kappa shape index (κ1) is 11.4. The summed E-state index contributed by atoms with van der Waals surface area (Å²) < 4.78 is 0. The van der Waals surface area contributed by atoms with E-state index in [0.717, 1.165) is 18.6 Å². The normalized spacial score (nSPS) is 9.77. The van der Waals surface area contributed by atoms with Crippen molar-refractivity contribution in [3.05, 3.63) is 12.2 Å². The molecular weight excluding hydrogens is 168 g/mol. The molecule has 13 heavy (non-hydrogen) atoms. The van der Waals surface area contributed by atoms with Gasteiger partial charge in [0.25, 0.3) is 0 Å². The molecule has 0 unspecified atom stereocenters. The van der Waals surface area contributed by atoms with Crippen molar-refractivity contribution in [2.45, 2.75) is 25.7 Å². The van der Waals surface area contributed by atoms with E-state index in [4.69, 9.17) is 11.5 Å². The van der Waals surface area contributed by atoms with Crippen LogP contribution in [0.25, 0.3) is 0 Å². The Morgan fingerprint density at radius 2 is 2.00 bits per heavy atom. The van der Waals surface area contributed by atoms with Gasteiger partial charge in [0.1, 0.15) is 0 Å². The molecule has 0 fully saturated rings. The second-order valence-electron chi connectivity index (χ2n) is 2.55. The van der Waals surface area contributed by atoms with E-state index in [-0.39, 0.29) is 5.78 Å². The first-order chi connectivity index (χ1) is 6.16. The van der Waals surface area contributed by atoms with Crippen LogP contribution in [0.4, 0.5) is 0 Å². The molecule has 0 aromatic heterocycles. The molecule has 0 aliphatic rings. The smallest absolute Gasteiger partial charge is 0.328 e. The Bertz CT molecular complexity index is 245. The Labute approximate surface area is 77.5 Å². The number of aliphatic carboxylic acids is 1. The third-order valence-electron chi connectivity index (χ3n) is 1.41. The van der Waals surface area contributed by atoms with Gasteiger partial charge in [-0.25, -0.2) is 4.79 Å². The number of allylic oxidation sites excluding steroid dienone is 1. The minimum absolute atomic E-state index is 0.167. The van der Waals surface area contributed by atoms with E-state index < -0.39 is 5.97 Å². The van der Waals surface area contributed by atoms with E-state index in [0.29, 0.717) is 19.3 Å². The summed E-state index contributed by atoms with van der Waals surface area (Å²) >= 11 is 0. The lowest BCUT2D eigenvalue weighted by molar-refractivity contribution is -0.131. The molecule has 0 aliphatic carbocycles. The first-order valence-electron chi connectivity index (χ1n) is 4.04. The average molecular weight is 180 g/mol. The van der Waals surface area contributed by atoms with E-state index in [9.17, 15) is 9.59 Å². The number of unbranched alkanes of at least 4 members (excludes halogenated alkanes) is 2. The highest BCUT2D eigenvalue weighted by Gasteiger charge is 1.96. The fourth-order valence-electron chi connectivity index (χ4n) is 0.774. The maximum Gasteiger partial charge on any atom is 0.328 e. The molecule has 1 N–H and O–H groups in total. The molecule has 0 spiro atoms. The van der Waals surface area contributed by atoms with Crippen molar-refractivity contribution >= 4 is 11.8 Å². The van der Waals surface area contributed by atoms with Crippen LogP contribution in [0.5, 0.6) is 0 Å². The minimum atomic E-state index is -1.10. The van der Waals surface area contributed by atoms with Gasteiger partial charge in [-0.2, -0.15) is 0 Å². The van der Waals surface area contributed by atoms with Crippen LogP contribution in [0.1, 0.15) is 25.7 Å². The Hall–Kier alpha value is -1.56. The predicted molar refractivity (Wildman–Crippen MR) is 49.1 cm³/mol. The monoisotopic (exact) mass is 180 g/mol. The van der Waals surface area contributed by atoms with Crippen LogP contribution in [0.15, 0.2) is 12.2 Å². The molecular formula is C10H12O3. The molecule has 0 saturated carbocycles. The molecule has 0 aliphatic heterocycles. The standard InChI is InChI=1S/C10H12O3/c1-2-3-4-5-6-9(11)7-8-10(12)13/h1,7-8H,3-6H2,(H,12,13)/b8-7-. The Kier molecular flexibility index (Phi) is 6.26. The minimum Gasteiger partial charge on any atom is -0.478 e. The largest absolute Gasteiger partial charge is 0.478 e. The van der Waals surface area contributed by atoms with Gasteiger partial charge in [-0.3, -0.25) is 4.79 Å². The SMILES string of the molecule is C#CCCCCC(=O)/C=C\C(=O)O. The highest BCUT2D eigenvalue weighted by Crippen LogP contribution is 2.00. The molecule has 0 bridgehead atoms. The van der Waals surface area contributed by atoms with Gasteiger partial charge in [-0.15, -0.1) is 12.3 Å².